The van der Waals surface area contributed by atoms with Crippen LogP contribution in [0.1, 0.15) is 16.7 Å². The van der Waals surface area contributed by atoms with Crippen molar-refractivity contribution in [2.24, 2.45) is 0 Å². The molecule has 1 aromatic carbocycles. The first-order valence-corrected chi connectivity index (χ1v) is 6.06. The van der Waals surface area contributed by atoms with Crippen molar-refractivity contribution >= 4 is 24.2 Å². The minimum atomic E-state index is 0.686. The fourth-order valence-electron chi connectivity index (χ4n) is 2.32. The van der Waals surface area contributed by atoms with Crippen LogP contribution in [0.4, 0.5) is 0 Å². The molecule has 0 N–H and O–H groups in total. The van der Waals surface area contributed by atoms with E-state index in [1.165, 1.54) is 11.1 Å². The summed E-state index contributed by atoms with van der Waals surface area (Å²) in [4.78, 5) is 0. The Morgan fingerprint density at radius 1 is 1.07 bits per heavy atom. The SMILES string of the molecule is SCc1c2c(c(Cl)c3c1OCC3)OCC2. The van der Waals surface area contributed by atoms with E-state index in [1.807, 2.05) is 0 Å². The fourth-order valence-corrected chi connectivity index (χ4v) is 3.00. The predicted molar refractivity (Wildman–Crippen MR) is 62.5 cm³/mol. The molecule has 0 unspecified atom stereocenters. The van der Waals surface area contributed by atoms with Crippen LogP contribution >= 0.6 is 24.2 Å². The van der Waals surface area contributed by atoms with Gasteiger partial charge in [-0.3, -0.25) is 0 Å². The molecular formula is C11H11ClO2S. The van der Waals surface area contributed by atoms with Gasteiger partial charge in [-0.25, -0.2) is 0 Å². The van der Waals surface area contributed by atoms with Gasteiger partial charge in [0.15, 0.2) is 0 Å². The number of ether oxygens (including phenoxy) is 2. The maximum absolute atomic E-state index is 6.30. The molecule has 0 spiro atoms. The average molecular weight is 243 g/mol. The van der Waals surface area contributed by atoms with E-state index in [9.17, 15) is 0 Å². The van der Waals surface area contributed by atoms with Crippen LogP contribution in [0.2, 0.25) is 5.02 Å². The normalized spacial score (nSPS) is 16.9. The Bertz CT molecular complexity index is 396. The third-order valence-corrected chi connectivity index (χ3v) is 3.72. The summed E-state index contributed by atoms with van der Waals surface area (Å²) in [6, 6.07) is 0. The Labute approximate surface area is 98.9 Å². The second-order valence-corrected chi connectivity index (χ2v) is 4.46. The molecule has 0 aromatic heterocycles. The number of halogens is 1. The lowest BCUT2D eigenvalue weighted by Crippen LogP contribution is -1.94. The lowest BCUT2D eigenvalue weighted by molar-refractivity contribution is 0.354. The number of rotatable bonds is 1. The van der Waals surface area contributed by atoms with E-state index in [-0.39, 0.29) is 0 Å². The number of fused-ring (bicyclic) bond motifs is 2. The molecule has 4 heteroatoms. The van der Waals surface area contributed by atoms with Crippen LogP contribution in [0, 0.1) is 0 Å². The van der Waals surface area contributed by atoms with Crippen LogP contribution in [-0.2, 0) is 18.6 Å². The maximum atomic E-state index is 6.30. The zero-order valence-electron chi connectivity index (χ0n) is 8.18. The molecule has 0 atom stereocenters. The number of benzene rings is 1. The largest absolute Gasteiger partial charge is 0.493 e. The third kappa shape index (κ3) is 1.26. The Morgan fingerprint density at radius 2 is 1.73 bits per heavy atom. The van der Waals surface area contributed by atoms with Gasteiger partial charge < -0.3 is 9.47 Å². The lowest BCUT2D eigenvalue weighted by Gasteiger charge is -2.12. The molecule has 3 rings (SSSR count). The average Bonchev–Trinajstić information content (AvgIpc) is 2.85. The monoisotopic (exact) mass is 242 g/mol. The molecule has 2 nitrogen and oxygen atoms in total. The summed E-state index contributed by atoms with van der Waals surface area (Å²) in [6.45, 7) is 1.44. The first-order valence-electron chi connectivity index (χ1n) is 5.05. The third-order valence-electron chi connectivity index (χ3n) is 3.01. The minimum Gasteiger partial charge on any atom is -0.493 e. The van der Waals surface area contributed by atoms with E-state index in [2.05, 4.69) is 12.6 Å². The van der Waals surface area contributed by atoms with Gasteiger partial charge in [0.05, 0.1) is 18.2 Å². The van der Waals surface area contributed by atoms with Crippen LogP contribution < -0.4 is 9.47 Å². The van der Waals surface area contributed by atoms with Crippen molar-refractivity contribution in [2.75, 3.05) is 13.2 Å². The summed E-state index contributed by atoms with van der Waals surface area (Å²) in [6.07, 6.45) is 1.80. The van der Waals surface area contributed by atoms with Gasteiger partial charge in [-0.1, -0.05) is 11.6 Å². The zero-order chi connectivity index (χ0) is 10.4. The quantitative estimate of drug-likeness (QED) is 0.764. The highest BCUT2D eigenvalue weighted by molar-refractivity contribution is 7.79. The molecule has 0 amide bonds. The summed E-state index contributed by atoms with van der Waals surface area (Å²) >= 11 is 10.7. The van der Waals surface area contributed by atoms with Crippen molar-refractivity contribution in [3.63, 3.8) is 0 Å². The van der Waals surface area contributed by atoms with Crippen molar-refractivity contribution in [3.8, 4) is 11.5 Å². The van der Waals surface area contributed by atoms with Gasteiger partial charge >= 0.3 is 0 Å². The molecule has 0 bridgehead atoms. The maximum Gasteiger partial charge on any atom is 0.142 e. The standard InChI is InChI=1S/C11H11ClO2S/c12-9-7-2-4-13-10(7)8(5-15)6-1-3-14-11(6)9/h15H,1-5H2. The number of hydrogen-bond donors (Lipinski definition) is 1. The molecule has 2 heterocycles. The van der Waals surface area contributed by atoms with Crippen LogP contribution in [0.25, 0.3) is 0 Å². The van der Waals surface area contributed by atoms with Gasteiger partial charge in [0.1, 0.15) is 11.5 Å². The summed E-state index contributed by atoms with van der Waals surface area (Å²) < 4.78 is 11.2. The summed E-state index contributed by atoms with van der Waals surface area (Å²) in [5.74, 6) is 2.51. The molecule has 0 radical (unpaired) electrons. The number of thiol groups is 1. The second-order valence-electron chi connectivity index (χ2n) is 3.76. The van der Waals surface area contributed by atoms with Gasteiger partial charge in [0, 0.05) is 35.3 Å². The molecule has 2 aliphatic rings. The van der Waals surface area contributed by atoms with Crippen molar-refractivity contribution in [1.82, 2.24) is 0 Å². The van der Waals surface area contributed by atoms with Gasteiger partial charge in [0.25, 0.3) is 0 Å². The lowest BCUT2D eigenvalue weighted by atomic mass is 10.0. The minimum absolute atomic E-state index is 0.686. The molecule has 1 aromatic rings. The smallest absolute Gasteiger partial charge is 0.142 e. The second kappa shape index (κ2) is 3.49. The molecular weight excluding hydrogens is 232 g/mol. The Balaban J connectivity index is 2.31. The van der Waals surface area contributed by atoms with Crippen molar-refractivity contribution in [1.29, 1.82) is 0 Å². The zero-order valence-corrected chi connectivity index (χ0v) is 9.83. The molecule has 0 aliphatic carbocycles. The van der Waals surface area contributed by atoms with E-state index >= 15 is 0 Å². The Kier molecular flexibility index (Phi) is 2.25. The van der Waals surface area contributed by atoms with Crippen LogP contribution in [0.3, 0.4) is 0 Å². The molecule has 0 saturated carbocycles. The van der Waals surface area contributed by atoms with Gasteiger partial charge in [-0.2, -0.15) is 12.6 Å². The topological polar surface area (TPSA) is 18.5 Å². The van der Waals surface area contributed by atoms with Crippen molar-refractivity contribution < 1.29 is 9.47 Å². The van der Waals surface area contributed by atoms with Gasteiger partial charge in [0.2, 0.25) is 0 Å². The summed E-state index contributed by atoms with van der Waals surface area (Å²) in [5, 5.41) is 0.750. The highest BCUT2D eigenvalue weighted by Gasteiger charge is 2.29. The van der Waals surface area contributed by atoms with Crippen LogP contribution in [-0.4, -0.2) is 13.2 Å². The van der Waals surface area contributed by atoms with E-state index < -0.39 is 0 Å². The first kappa shape index (κ1) is 9.67. The molecule has 2 aliphatic heterocycles. The van der Waals surface area contributed by atoms with Crippen molar-refractivity contribution in [3.05, 3.63) is 21.7 Å². The predicted octanol–water partition coefficient (Wildman–Crippen LogP) is 2.64. The molecule has 0 saturated heterocycles. The highest BCUT2D eigenvalue weighted by Crippen LogP contribution is 2.47. The van der Waals surface area contributed by atoms with E-state index in [1.54, 1.807) is 0 Å². The summed E-state index contributed by atoms with van der Waals surface area (Å²) in [7, 11) is 0. The van der Waals surface area contributed by atoms with E-state index in [0.29, 0.717) is 5.75 Å². The Morgan fingerprint density at radius 3 is 2.47 bits per heavy atom. The molecule has 80 valence electrons. The fraction of sp³-hybridized carbons (Fsp3) is 0.455. The first-order chi connectivity index (χ1) is 7.33. The van der Waals surface area contributed by atoms with Crippen molar-refractivity contribution in [2.45, 2.75) is 18.6 Å². The number of hydrogen-bond acceptors (Lipinski definition) is 3. The van der Waals surface area contributed by atoms with E-state index in [4.69, 9.17) is 21.1 Å². The van der Waals surface area contributed by atoms with Crippen LogP contribution in [0.15, 0.2) is 0 Å². The Hall–Kier alpha value is -0.540. The summed E-state index contributed by atoms with van der Waals surface area (Å²) in [5.41, 5.74) is 3.46. The molecule has 15 heavy (non-hydrogen) atoms. The highest BCUT2D eigenvalue weighted by atomic mass is 35.5. The van der Waals surface area contributed by atoms with E-state index in [0.717, 1.165) is 48.1 Å². The van der Waals surface area contributed by atoms with Crippen LogP contribution in [0.5, 0.6) is 11.5 Å². The van der Waals surface area contributed by atoms with Gasteiger partial charge in [-0.15, -0.1) is 0 Å². The van der Waals surface area contributed by atoms with Gasteiger partial charge in [-0.05, 0) is 0 Å². The molecule has 0 fully saturated rings.